The summed E-state index contributed by atoms with van der Waals surface area (Å²) in [5, 5.41) is 0. The Morgan fingerprint density at radius 3 is 2.71 bits per heavy atom. The van der Waals surface area contributed by atoms with E-state index >= 15 is 0 Å². The van der Waals surface area contributed by atoms with Gasteiger partial charge in [-0.3, -0.25) is 0 Å². The number of rotatable bonds is 9. The molecule has 0 radical (unpaired) electrons. The van der Waals surface area contributed by atoms with Gasteiger partial charge in [0.1, 0.15) is 5.75 Å². The molecule has 1 fully saturated rings. The quantitative estimate of drug-likeness (QED) is 0.711. The van der Waals surface area contributed by atoms with Gasteiger partial charge in [0.2, 0.25) is 0 Å². The molecule has 1 aliphatic carbocycles. The van der Waals surface area contributed by atoms with Crippen LogP contribution >= 0.6 is 12.4 Å². The Hall–Kier alpha value is -0.770. The van der Waals surface area contributed by atoms with Crippen LogP contribution in [-0.2, 0) is 17.6 Å². The summed E-state index contributed by atoms with van der Waals surface area (Å²) in [6.07, 6.45) is 5.52. The number of ether oxygens (including phenoxy) is 2. The van der Waals surface area contributed by atoms with Crippen LogP contribution < -0.4 is 10.5 Å². The molecule has 4 heteroatoms. The van der Waals surface area contributed by atoms with E-state index in [4.69, 9.17) is 15.2 Å². The summed E-state index contributed by atoms with van der Waals surface area (Å²) >= 11 is 0. The molecule has 0 aliphatic heterocycles. The lowest BCUT2D eigenvalue weighted by Gasteiger charge is -2.14. The number of benzene rings is 1. The van der Waals surface area contributed by atoms with Crippen LogP contribution in [0.5, 0.6) is 5.75 Å². The van der Waals surface area contributed by atoms with Gasteiger partial charge in [-0.15, -0.1) is 12.4 Å². The van der Waals surface area contributed by atoms with Crippen LogP contribution in [0.25, 0.3) is 0 Å². The van der Waals surface area contributed by atoms with Gasteiger partial charge in [-0.25, -0.2) is 0 Å². The van der Waals surface area contributed by atoms with E-state index in [-0.39, 0.29) is 18.4 Å². The summed E-state index contributed by atoms with van der Waals surface area (Å²) in [5.41, 5.74) is 8.58. The van der Waals surface area contributed by atoms with Crippen LogP contribution in [0.3, 0.4) is 0 Å². The molecule has 1 atom stereocenters. The second kappa shape index (κ2) is 9.29. The first-order valence-electron chi connectivity index (χ1n) is 7.72. The Labute approximate surface area is 134 Å². The molecule has 0 heterocycles. The molecule has 1 aliphatic rings. The molecule has 0 amide bonds. The summed E-state index contributed by atoms with van der Waals surface area (Å²) in [6, 6.07) is 6.59. The molecule has 120 valence electrons. The van der Waals surface area contributed by atoms with Gasteiger partial charge in [0, 0.05) is 12.6 Å². The smallest absolute Gasteiger partial charge is 0.122 e. The monoisotopic (exact) mass is 313 g/mol. The van der Waals surface area contributed by atoms with Gasteiger partial charge in [0.15, 0.2) is 0 Å². The normalized spacial score (nSPS) is 15.4. The average molecular weight is 314 g/mol. The fraction of sp³-hybridized carbons (Fsp3) is 0.647. The molecule has 1 aromatic rings. The lowest BCUT2D eigenvalue weighted by Crippen LogP contribution is -2.21. The van der Waals surface area contributed by atoms with Crippen LogP contribution in [0.2, 0.25) is 0 Å². The highest BCUT2D eigenvalue weighted by molar-refractivity contribution is 5.85. The average Bonchev–Trinajstić information content (AvgIpc) is 3.28. The van der Waals surface area contributed by atoms with Gasteiger partial charge >= 0.3 is 0 Å². The lowest BCUT2D eigenvalue weighted by molar-refractivity contribution is 0.127. The molecule has 2 N–H and O–H groups in total. The standard InChI is InChI=1S/C17H27NO2.ClH/c1-3-16(18)11-15-10-13(6-7-17(15)19-2)8-9-20-12-14-4-5-14;/h6-7,10,14,16H,3-5,8-9,11-12,18H2,1-2H3;1H. The molecule has 0 bridgehead atoms. The topological polar surface area (TPSA) is 44.5 Å². The van der Waals surface area contributed by atoms with Crippen molar-refractivity contribution in [3.8, 4) is 5.75 Å². The van der Waals surface area contributed by atoms with Crippen molar-refractivity contribution < 1.29 is 9.47 Å². The first-order chi connectivity index (χ1) is 9.72. The van der Waals surface area contributed by atoms with E-state index in [0.29, 0.717) is 0 Å². The van der Waals surface area contributed by atoms with E-state index in [9.17, 15) is 0 Å². The lowest BCUT2D eigenvalue weighted by atomic mass is 10.0. The molecular formula is C17H28ClNO2. The Kier molecular flexibility index (Phi) is 8.09. The maximum atomic E-state index is 6.06. The zero-order chi connectivity index (χ0) is 14.4. The number of hydrogen-bond acceptors (Lipinski definition) is 3. The Balaban J connectivity index is 0.00000220. The minimum atomic E-state index is 0. The highest BCUT2D eigenvalue weighted by Crippen LogP contribution is 2.28. The highest BCUT2D eigenvalue weighted by atomic mass is 35.5. The van der Waals surface area contributed by atoms with E-state index in [2.05, 4.69) is 19.1 Å². The molecule has 2 rings (SSSR count). The second-order valence-corrected chi connectivity index (χ2v) is 5.79. The van der Waals surface area contributed by atoms with Gasteiger partial charge in [-0.2, -0.15) is 0 Å². The molecule has 0 spiro atoms. The fourth-order valence-corrected chi connectivity index (χ4v) is 2.30. The van der Waals surface area contributed by atoms with Gasteiger partial charge < -0.3 is 15.2 Å². The van der Waals surface area contributed by atoms with Crippen molar-refractivity contribution in [2.75, 3.05) is 20.3 Å². The van der Waals surface area contributed by atoms with E-state index in [1.807, 2.05) is 6.07 Å². The van der Waals surface area contributed by atoms with Crippen molar-refractivity contribution >= 4 is 12.4 Å². The fourth-order valence-electron chi connectivity index (χ4n) is 2.30. The number of hydrogen-bond donors (Lipinski definition) is 1. The number of methoxy groups -OCH3 is 1. The molecule has 0 aromatic heterocycles. The van der Waals surface area contributed by atoms with Crippen LogP contribution in [0, 0.1) is 5.92 Å². The van der Waals surface area contributed by atoms with E-state index in [1.165, 1.54) is 24.0 Å². The summed E-state index contributed by atoms with van der Waals surface area (Å²) in [6.45, 7) is 3.86. The maximum Gasteiger partial charge on any atom is 0.122 e. The van der Waals surface area contributed by atoms with Crippen LogP contribution in [0.1, 0.15) is 37.3 Å². The summed E-state index contributed by atoms with van der Waals surface area (Å²) < 4.78 is 11.1. The van der Waals surface area contributed by atoms with Gasteiger partial charge in [0.25, 0.3) is 0 Å². The zero-order valence-corrected chi connectivity index (χ0v) is 14.0. The Morgan fingerprint density at radius 1 is 1.33 bits per heavy atom. The maximum absolute atomic E-state index is 6.06. The van der Waals surface area contributed by atoms with Crippen LogP contribution in [0.15, 0.2) is 18.2 Å². The minimum Gasteiger partial charge on any atom is -0.496 e. The van der Waals surface area contributed by atoms with E-state index < -0.39 is 0 Å². The third-order valence-corrected chi connectivity index (χ3v) is 3.94. The molecule has 1 unspecified atom stereocenters. The first-order valence-corrected chi connectivity index (χ1v) is 7.72. The number of nitrogens with two attached hydrogens (primary N) is 1. The molecular weight excluding hydrogens is 286 g/mol. The third kappa shape index (κ3) is 6.25. The Morgan fingerprint density at radius 2 is 2.10 bits per heavy atom. The van der Waals surface area contributed by atoms with Crippen molar-refractivity contribution in [1.82, 2.24) is 0 Å². The zero-order valence-electron chi connectivity index (χ0n) is 13.1. The van der Waals surface area contributed by atoms with E-state index in [0.717, 1.165) is 44.1 Å². The molecule has 3 nitrogen and oxygen atoms in total. The summed E-state index contributed by atoms with van der Waals surface area (Å²) in [4.78, 5) is 0. The van der Waals surface area contributed by atoms with Crippen molar-refractivity contribution in [3.63, 3.8) is 0 Å². The predicted octanol–water partition coefficient (Wildman–Crippen LogP) is 3.37. The number of halogens is 1. The highest BCUT2D eigenvalue weighted by Gasteiger charge is 2.20. The van der Waals surface area contributed by atoms with Gasteiger partial charge in [-0.1, -0.05) is 19.1 Å². The largest absolute Gasteiger partial charge is 0.496 e. The molecule has 1 saturated carbocycles. The summed E-state index contributed by atoms with van der Waals surface area (Å²) in [7, 11) is 1.72. The van der Waals surface area contributed by atoms with Crippen LogP contribution in [0.4, 0.5) is 0 Å². The van der Waals surface area contributed by atoms with Gasteiger partial charge in [-0.05, 0) is 55.2 Å². The predicted molar refractivity (Wildman–Crippen MR) is 89.5 cm³/mol. The summed E-state index contributed by atoms with van der Waals surface area (Å²) in [5.74, 6) is 1.78. The van der Waals surface area contributed by atoms with Crippen molar-refractivity contribution in [2.45, 2.75) is 45.1 Å². The molecule has 1 aromatic carbocycles. The molecule has 21 heavy (non-hydrogen) atoms. The van der Waals surface area contributed by atoms with Crippen molar-refractivity contribution in [1.29, 1.82) is 0 Å². The van der Waals surface area contributed by atoms with Crippen molar-refractivity contribution in [3.05, 3.63) is 29.3 Å². The third-order valence-electron chi connectivity index (χ3n) is 3.94. The van der Waals surface area contributed by atoms with Gasteiger partial charge in [0.05, 0.1) is 13.7 Å². The minimum absolute atomic E-state index is 0. The van der Waals surface area contributed by atoms with E-state index in [1.54, 1.807) is 7.11 Å². The SMILES string of the molecule is CCC(N)Cc1cc(CCOCC2CC2)ccc1OC.Cl. The first kappa shape index (κ1) is 18.3. The molecule has 0 saturated heterocycles. The second-order valence-electron chi connectivity index (χ2n) is 5.79. The van der Waals surface area contributed by atoms with Crippen molar-refractivity contribution in [2.24, 2.45) is 11.7 Å². The Bertz CT molecular complexity index is 421. The van der Waals surface area contributed by atoms with Crippen LogP contribution in [-0.4, -0.2) is 26.4 Å².